The molecule has 5 heteroatoms. The Kier molecular flexibility index (Phi) is 6.22. The highest BCUT2D eigenvalue weighted by Crippen LogP contribution is 2.47. The second kappa shape index (κ2) is 7.94. The van der Waals surface area contributed by atoms with Crippen molar-refractivity contribution >= 4 is 24.5 Å². The van der Waals surface area contributed by atoms with Crippen molar-refractivity contribution in [1.29, 1.82) is 0 Å². The van der Waals surface area contributed by atoms with E-state index in [0.29, 0.717) is 24.4 Å². The molecule has 0 amide bonds. The Hall–Kier alpha value is -1.12. The summed E-state index contributed by atoms with van der Waals surface area (Å²) in [5.41, 5.74) is 3.07. The van der Waals surface area contributed by atoms with Gasteiger partial charge >= 0.3 is 7.60 Å². The zero-order valence-electron chi connectivity index (χ0n) is 12.8. The third kappa shape index (κ3) is 3.99. The molecule has 0 fully saturated rings. The summed E-state index contributed by atoms with van der Waals surface area (Å²) in [6, 6.07) is 15.5. The third-order valence-corrected chi connectivity index (χ3v) is 5.62. The van der Waals surface area contributed by atoms with E-state index < -0.39 is 7.60 Å². The minimum absolute atomic E-state index is 0.339. The van der Waals surface area contributed by atoms with Crippen LogP contribution in [0.2, 0.25) is 0 Å². The quantitative estimate of drug-likeness (QED) is 0.527. The van der Waals surface area contributed by atoms with Crippen molar-refractivity contribution in [2.24, 2.45) is 0 Å². The summed E-state index contributed by atoms with van der Waals surface area (Å²) in [7, 11) is -3.26. The maximum atomic E-state index is 12.8. The van der Waals surface area contributed by atoms with Gasteiger partial charge in [0, 0.05) is 5.88 Å². The number of halogens is 1. The number of hydrogen-bond acceptors (Lipinski definition) is 3. The van der Waals surface area contributed by atoms with Gasteiger partial charge in [0.1, 0.15) is 0 Å². The molecule has 0 spiro atoms. The van der Waals surface area contributed by atoms with Gasteiger partial charge < -0.3 is 9.05 Å². The molecule has 0 aliphatic rings. The van der Waals surface area contributed by atoms with Crippen LogP contribution in [0.15, 0.2) is 48.5 Å². The fourth-order valence-electron chi connectivity index (χ4n) is 2.17. The van der Waals surface area contributed by atoms with E-state index >= 15 is 0 Å². The van der Waals surface area contributed by atoms with E-state index in [1.54, 1.807) is 19.9 Å². The van der Waals surface area contributed by atoms with E-state index in [9.17, 15) is 4.57 Å². The Labute approximate surface area is 136 Å². The lowest BCUT2D eigenvalue weighted by Gasteiger charge is -2.17. The average Bonchev–Trinajstić information content (AvgIpc) is 2.55. The Morgan fingerprint density at radius 1 is 0.955 bits per heavy atom. The number of hydrogen-bond donors (Lipinski definition) is 0. The van der Waals surface area contributed by atoms with Gasteiger partial charge in [-0.1, -0.05) is 36.4 Å². The van der Waals surface area contributed by atoms with Gasteiger partial charge in [0.15, 0.2) is 0 Å². The van der Waals surface area contributed by atoms with Crippen LogP contribution in [-0.2, 0) is 19.5 Å². The van der Waals surface area contributed by atoms with Crippen LogP contribution < -0.4 is 5.30 Å². The molecule has 22 heavy (non-hydrogen) atoms. The summed E-state index contributed by atoms with van der Waals surface area (Å²) in [6.45, 7) is 4.29. The summed E-state index contributed by atoms with van der Waals surface area (Å²) in [6.07, 6.45) is 0. The SMILES string of the molecule is CCOP(=O)(OCC)c1cccc(-c2ccc(CCl)cc2)c1. The molecule has 0 aromatic heterocycles. The Balaban J connectivity index is 2.37. The lowest BCUT2D eigenvalue weighted by molar-refractivity contribution is 0.230. The molecule has 2 aromatic rings. The normalized spacial score (nSPS) is 11.6. The number of benzene rings is 2. The highest BCUT2D eigenvalue weighted by atomic mass is 35.5. The van der Waals surface area contributed by atoms with Crippen molar-refractivity contribution in [3.63, 3.8) is 0 Å². The molecule has 118 valence electrons. The average molecular weight is 339 g/mol. The summed E-state index contributed by atoms with van der Waals surface area (Å²) in [5, 5.41) is 0.579. The molecule has 0 N–H and O–H groups in total. The van der Waals surface area contributed by atoms with Crippen molar-refractivity contribution in [3.8, 4) is 11.1 Å². The Bertz CT molecular complexity index is 645. The van der Waals surface area contributed by atoms with E-state index in [2.05, 4.69) is 0 Å². The molecule has 0 aliphatic heterocycles. The first kappa shape index (κ1) is 17.2. The van der Waals surface area contributed by atoms with Gasteiger partial charge in [-0.15, -0.1) is 11.6 Å². The monoisotopic (exact) mass is 338 g/mol. The fraction of sp³-hybridized carbons (Fsp3) is 0.294. The van der Waals surface area contributed by atoms with Crippen LogP contribution in [-0.4, -0.2) is 13.2 Å². The highest BCUT2D eigenvalue weighted by molar-refractivity contribution is 7.62. The van der Waals surface area contributed by atoms with Gasteiger partial charge in [-0.3, -0.25) is 4.57 Å². The van der Waals surface area contributed by atoms with Crippen LogP contribution in [0.3, 0.4) is 0 Å². The summed E-state index contributed by atoms with van der Waals surface area (Å²) < 4.78 is 23.6. The van der Waals surface area contributed by atoms with Crippen molar-refractivity contribution < 1.29 is 13.6 Å². The van der Waals surface area contributed by atoms with E-state index in [1.165, 1.54) is 0 Å². The van der Waals surface area contributed by atoms with E-state index in [1.807, 2.05) is 42.5 Å². The van der Waals surface area contributed by atoms with E-state index in [0.717, 1.165) is 16.7 Å². The zero-order valence-corrected chi connectivity index (χ0v) is 14.4. The van der Waals surface area contributed by atoms with Crippen LogP contribution in [0, 0.1) is 0 Å². The third-order valence-electron chi connectivity index (χ3n) is 3.20. The smallest absolute Gasteiger partial charge is 0.305 e. The molecule has 0 bridgehead atoms. The minimum Gasteiger partial charge on any atom is -0.305 e. The largest absolute Gasteiger partial charge is 0.361 e. The molecule has 0 atom stereocenters. The molecule has 0 radical (unpaired) electrons. The van der Waals surface area contributed by atoms with Crippen LogP contribution in [0.25, 0.3) is 11.1 Å². The first-order valence-corrected chi connectivity index (χ1v) is 9.35. The molecule has 0 unspecified atom stereocenters. The minimum atomic E-state index is -3.26. The van der Waals surface area contributed by atoms with Crippen molar-refractivity contribution in [3.05, 3.63) is 54.1 Å². The molecule has 0 heterocycles. The lowest BCUT2D eigenvalue weighted by Crippen LogP contribution is -2.10. The fourth-order valence-corrected chi connectivity index (χ4v) is 3.96. The topological polar surface area (TPSA) is 35.5 Å². The van der Waals surface area contributed by atoms with E-state index in [4.69, 9.17) is 20.6 Å². The first-order chi connectivity index (χ1) is 10.6. The molecule has 0 saturated carbocycles. The van der Waals surface area contributed by atoms with Gasteiger partial charge in [-0.05, 0) is 42.7 Å². The van der Waals surface area contributed by atoms with Crippen molar-refractivity contribution in [2.75, 3.05) is 13.2 Å². The van der Waals surface area contributed by atoms with Crippen LogP contribution >= 0.6 is 19.2 Å². The lowest BCUT2D eigenvalue weighted by atomic mass is 10.0. The molecular weight excluding hydrogens is 319 g/mol. The van der Waals surface area contributed by atoms with Crippen LogP contribution in [0.5, 0.6) is 0 Å². The van der Waals surface area contributed by atoms with E-state index in [-0.39, 0.29) is 0 Å². The molecular formula is C17H20ClO3P. The second-order valence-electron chi connectivity index (χ2n) is 4.71. The maximum absolute atomic E-state index is 12.8. The van der Waals surface area contributed by atoms with Gasteiger partial charge in [0.05, 0.1) is 18.5 Å². The van der Waals surface area contributed by atoms with Gasteiger partial charge in [0.25, 0.3) is 0 Å². The summed E-state index contributed by atoms with van der Waals surface area (Å²) in [5.74, 6) is 0.490. The predicted octanol–water partition coefficient (Wildman–Crippen LogP) is 4.98. The number of rotatable bonds is 7. The molecule has 3 nitrogen and oxygen atoms in total. The summed E-state index contributed by atoms with van der Waals surface area (Å²) >= 11 is 5.81. The van der Waals surface area contributed by atoms with Crippen LogP contribution in [0.4, 0.5) is 0 Å². The molecule has 2 rings (SSSR count). The predicted molar refractivity (Wildman–Crippen MR) is 91.9 cm³/mol. The first-order valence-electron chi connectivity index (χ1n) is 7.28. The Morgan fingerprint density at radius 3 is 2.14 bits per heavy atom. The number of alkyl halides is 1. The highest BCUT2D eigenvalue weighted by Gasteiger charge is 2.26. The van der Waals surface area contributed by atoms with Gasteiger partial charge in [0.2, 0.25) is 0 Å². The van der Waals surface area contributed by atoms with Crippen LogP contribution in [0.1, 0.15) is 19.4 Å². The molecule has 2 aromatic carbocycles. The molecule has 0 saturated heterocycles. The maximum Gasteiger partial charge on any atom is 0.361 e. The van der Waals surface area contributed by atoms with Gasteiger partial charge in [-0.25, -0.2) is 0 Å². The Morgan fingerprint density at radius 2 is 1.59 bits per heavy atom. The van der Waals surface area contributed by atoms with Gasteiger partial charge in [-0.2, -0.15) is 0 Å². The van der Waals surface area contributed by atoms with Crippen molar-refractivity contribution in [2.45, 2.75) is 19.7 Å². The second-order valence-corrected chi connectivity index (χ2v) is 7.01. The zero-order chi connectivity index (χ0) is 16.0. The standard InChI is InChI=1S/C17H20ClO3P/c1-3-20-22(19,21-4-2)17-7-5-6-16(12-17)15-10-8-14(13-18)9-11-15/h5-12H,3-4,13H2,1-2H3. The summed E-state index contributed by atoms with van der Waals surface area (Å²) in [4.78, 5) is 0. The molecule has 0 aliphatic carbocycles. The van der Waals surface area contributed by atoms with Crippen molar-refractivity contribution in [1.82, 2.24) is 0 Å².